The minimum atomic E-state index is -1.36. The molecule has 1 N–H and O–H groups in total. The van der Waals surface area contributed by atoms with Gasteiger partial charge in [0.05, 0.1) is 17.0 Å². The molecule has 0 radical (unpaired) electrons. The van der Waals surface area contributed by atoms with Crippen molar-refractivity contribution in [1.82, 2.24) is 0 Å². The van der Waals surface area contributed by atoms with Gasteiger partial charge in [0.2, 0.25) is 0 Å². The van der Waals surface area contributed by atoms with Gasteiger partial charge >= 0.3 is 17.9 Å². The Morgan fingerprint density at radius 2 is 1.38 bits per heavy atom. The number of ketones is 1. The fraction of sp³-hybridized carbons (Fsp3) is 0.500. The van der Waals surface area contributed by atoms with E-state index in [1.807, 2.05) is 20.8 Å². The maximum Gasteiger partial charge on any atom is 0.338 e. The number of hydrogen-bond acceptors (Lipinski definition) is 9. The predicted octanol–water partition coefficient (Wildman–Crippen LogP) is 4.72. The molecule has 9 heteroatoms. The van der Waals surface area contributed by atoms with E-state index in [4.69, 9.17) is 18.9 Å². The zero-order chi connectivity index (χ0) is 32.5. The fourth-order valence-electron chi connectivity index (χ4n) is 8.22. The first-order valence-corrected chi connectivity index (χ1v) is 15.6. The predicted molar refractivity (Wildman–Crippen MR) is 162 cm³/mol. The smallest absolute Gasteiger partial charge is 0.338 e. The SMILES string of the molecule is CC(=O)O[C@H]1[C@@H]2[C@H]([C@H](OC(=O)c3ccccc3)[C@H](O)/C(C)=C/[C@@]34O[C@@]3(C[C@@H](C)[C@@H]4OC(=O)c3ccccc3)C(=O)[C@@H]1C)C2(C)C. The first kappa shape index (κ1) is 31.2. The highest BCUT2D eigenvalue weighted by atomic mass is 16.7. The second kappa shape index (κ2) is 10.9. The molecule has 4 aliphatic rings. The average Bonchev–Trinajstić information content (AvgIpc) is 3.81. The van der Waals surface area contributed by atoms with E-state index in [2.05, 4.69) is 0 Å². The molecule has 0 bridgehead atoms. The first-order chi connectivity index (χ1) is 21.2. The third kappa shape index (κ3) is 4.91. The van der Waals surface area contributed by atoms with E-state index in [1.54, 1.807) is 80.6 Å². The molecular weight excluding hydrogens is 576 g/mol. The summed E-state index contributed by atoms with van der Waals surface area (Å²) in [5, 5.41) is 11.9. The zero-order valence-electron chi connectivity index (χ0n) is 26.4. The molecule has 3 fully saturated rings. The number of aliphatic hydroxyl groups excluding tert-OH is 1. The van der Waals surface area contributed by atoms with E-state index in [0.717, 1.165) is 0 Å². The number of aliphatic hydroxyl groups is 1. The quantitative estimate of drug-likeness (QED) is 0.220. The van der Waals surface area contributed by atoms with Crippen LogP contribution in [-0.2, 0) is 28.5 Å². The third-order valence-electron chi connectivity index (χ3n) is 10.5. The monoisotopic (exact) mass is 616 g/mol. The molecule has 0 amide bonds. The van der Waals surface area contributed by atoms with E-state index in [1.165, 1.54) is 6.92 Å². The molecule has 45 heavy (non-hydrogen) atoms. The summed E-state index contributed by atoms with van der Waals surface area (Å²) < 4.78 is 24.4. The van der Waals surface area contributed by atoms with Crippen LogP contribution in [-0.4, -0.2) is 64.4 Å². The molecule has 2 aromatic rings. The van der Waals surface area contributed by atoms with Crippen LogP contribution in [0.1, 0.15) is 68.7 Å². The minimum Gasteiger partial charge on any atom is -0.461 e. The maximum absolute atomic E-state index is 14.5. The van der Waals surface area contributed by atoms with Crippen LogP contribution in [0.2, 0.25) is 0 Å². The van der Waals surface area contributed by atoms with E-state index in [0.29, 0.717) is 16.7 Å². The lowest BCUT2D eigenvalue weighted by atomic mass is 9.80. The molecule has 9 nitrogen and oxygen atoms in total. The van der Waals surface area contributed by atoms with Gasteiger partial charge in [0.1, 0.15) is 24.4 Å². The summed E-state index contributed by atoms with van der Waals surface area (Å²) in [5.74, 6) is -3.84. The Morgan fingerprint density at radius 3 is 1.93 bits per heavy atom. The third-order valence-corrected chi connectivity index (χ3v) is 10.5. The Kier molecular flexibility index (Phi) is 7.56. The summed E-state index contributed by atoms with van der Waals surface area (Å²) in [6, 6.07) is 17.1. The van der Waals surface area contributed by atoms with Crippen LogP contribution < -0.4 is 0 Å². The van der Waals surface area contributed by atoms with Crippen LogP contribution in [0.4, 0.5) is 0 Å². The highest BCUT2D eigenvalue weighted by Crippen LogP contribution is 2.68. The zero-order valence-corrected chi connectivity index (χ0v) is 26.4. The number of fused-ring (bicyclic) bond motifs is 1. The highest BCUT2D eigenvalue weighted by molar-refractivity contribution is 5.96. The Balaban J connectivity index is 1.44. The molecule has 0 unspecified atom stereocenters. The summed E-state index contributed by atoms with van der Waals surface area (Å²) in [6.07, 6.45) is -2.05. The lowest BCUT2D eigenvalue weighted by molar-refractivity contribution is -0.154. The Bertz CT molecular complexity index is 1550. The number of carbonyl (C=O) groups is 4. The molecular formula is C36H40O9. The summed E-state index contributed by atoms with van der Waals surface area (Å²) >= 11 is 0. The number of esters is 3. The van der Waals surface area contributed by atoms with E-state index < -0.39 is 76.7 Å². The van der Waals surface area contributed by atoms with Crippen molar-refractivity contribution >= 4 is 23.7 Å². The van der Waals surface area contributed by atoms with Crippen molar-refractivity contribution < 1.29 is 43.2 Å². The number of benzene rings is 2. The highest BCUT2D eigenvalue weighted by Gasteiger charge is 2.84. The molecule has 6 rings (SSSR count). The van der Waals surface area contributed by atoms with Crippen LogP contribution in [0.5, 0.6) is 0 Å². The van der Waals surface area contributed by atoms with Gasteiger partial charge in [0, 0.05) is 18.8 Å². The van der Waals surface area contributed by atoms with Gasteiger partial charge in [-0.3, -0.25) is 9.59 Å². The van der Waals surface area contributed by atoms with Crippen molar-refractivity contribution in [3.05, 3.63) is 83.4 Å². The van der Waals surface area contributed by atoms with Crippen molar-refractivity contribution in [2.45, 2.75) is 83.6 Å². The maximum atomic E-state index is 14.5. The van der Waals surface area contributed by atoms with E-state index in [9.17, 15) is 24.3 Å². The Morgan fingerprint density at radius 1 is 0.844 bits per heavy atom. The summed E-state index contributed by atoms with van der Waals surface area (Å²) in [5.41, 5.74) is -2.14. The molecule has 1 heterocycles. The van der Waals surface area contributed by atoms with E-state index in [-0.39, 0.29) is 18.1 Å². The molecule has 2 aromatic carbocycles. The van der Waals surface area contributed by atoms with Gasteiger partial charge in [-0.2, -0.15) is 0 Å². The van der Waals surface area contributed by atoms with Crippen molar-refractivity contribution in [3.8, 4) is 0 Å². The van der Waals surface area contributed by atoms with Gasteiger partial charge in [-0.15, -0.1) is 0 Å². The molecule has 3 aliphatic carbocycles. The van der Waals surface area contributed by atoms with Crippen molar-refractivity contribution in [1.29, 1.82) is 0 Å². The van der Waals surface area contributed by atoms with Crippen molar-refractivity contribution in [2.24, 2.45) is 29.1 Å². The first-order valence-electron chi connectivity index (χ1n) is 15.6. The van der Waals surface area contributed by atoms with Gasteiger partial charge in [0.15, 0.2) is 17.0 Å². The number of carbonyl (C=O) groups excluding carboxylic acids is 4. The van der Waals surface area contributed by atoms with Gasteiger partial charge in [-0.05, 0) is 60.6 Å². The van der Waals surface area contributed by atoms with Crippen molar-refractivity contribution in [3.63, 3.8) is 0 Å². The minimum absolute atomic E-state index is 0.251. The van der Waals surface area contributed by atoms with Crippen LogP contribution in [0.15, 0.2) is 72.3 Å². The second-order valence-corrected chi connectivity index (χ2v) is 13.8. The Hall–Kier alpha value is -3.82. The molecule has 10 atom stereocenters. The number of rotatable bonds is 5. The molecule has 0 spiro atoms. The van der Waals surface area contributed by atoms with Crippen LogP contribution >= 0.6 is 0 Å². The summed E-state index contributed by atoms with van der Waals surface area (Å²) in [6.45, 7) is 10.6. The van der Waals surface area contributed by atoms with Crippen LogP contribution in [0, 0.1) is 29.1 Å². The molecule has 0 aromatic heterocycles. The standard InChI is InChI=1S/C36H40O9/c1-19-17-36-31(44-33(41)24-15-11-8-12-16-24)20(2)18-35(36,45-36)30(39)21(3)28(42-22(4)37)25-26(34(25,5)6)29(27(19)38)43-32(40)23-13-9-7-10-14-23/h7-17,20-21,25-29,31,38H,18H2,1-6H3/b19-17+/t20-,21-,25+,26-,27-,28-,29+,31+,35+,36+/m1/s1. The van der Waals surface area contributed by atoms with Crippen molar-refractivity contribution in [2.75, 3.05) is 0 Å². The van der Waals surface area contributed by atoms with Crippen LogP contribution in [0.3, 0.4) is 0 Å². The van der Waals surface area contributed by atoms with Crippen LogP contribution in [0.25, 0.3) is 0 Å². The fourth-order valence-corrected chi connectivity index (χ4v) is 8.22. The van der Waals surface area contributed by atoms with E-state index >= 15 is 0 Å². The van der Waals surface area contributed by atoms with Gasteiger partial charge in [0.25, 0.3) is 0 Å². The molecule has 1 saturated heterocycles. The van der Waals surface area contributed by atoms with Gasteiger partial charge in [-0.25, -0.2) is 9.59 Å². The summed E-state index contributed by atoms with van der Waals surface area (Å²) in [7, 11) is 0. The Labute approximate surface area is 262 Å². The topological polar surface area (TPSA) is 129 Å². The molecule has 1 aliphatic heterocycles. The number of hydrogen-bond donors (Lipinski definition) is 1. The molecule has 238 valence electrons. The average molecular weight is 617 g/mol. The molecule has 2 saturated carbocycles. The number of ether oxygens (including phenoxy) is 4. The second-order valence-electron chi connectivity index (χ2n) is 13.8. The number of Topliss-reactive ketones (excluding diaryl/α,β-unsaturated/α-hetero) is 1. The van der Waals surface area contributed by atoms with Gasteiger partial charge in [-0.1, -0.05) is 64.1 Å². The number of epoxide rings is 1. The van der Waals surface area contributed by atoms with Gasteiger partial charge < -0.3 is 24.1 Å². The summed E-state index contributed by atoms with van der Waals surface area (Å²) in [4.78, 5) is 53.6. The largest absolute Gasteiger partial charge is 0.461 e. The lowest BCUT2D eigenvalue weighted by Gasteiger charge is -2.28. The lowest BCUT2D eigenvalue weighted by Crippen LogP contribution is -2.43. The normalized spacial score (nSPS) is 39.0.